The maximum Gasteiger partial charge on any atom is 0.339 e. The molecule has 3 aromatic carbocycles. The molecule has 4 aromatic rings. The highest BCUT2D eigenvalue weighted by Gasteiger charge is 2.27. The summed E-state index contributed by atoms with van der Waals surface area (Å²) in [7, 11) is 1.34. The molecule has 1 aromatic heterocycles. The molecule has 9 heteroatoms. The number of nitro groups is 1. The number of methoxy groups -OCH3 is 1. The first kappa shape index (κ1) is 29.4. The third-order valence-electron chi connectivity index (χ3n) is 7.50. The smallest absolute Gasteiger partial charge is 0.339 e. The molecule has 1 amide bonds. The number of para-hydroxylation sites is 1. The number of ether oxygens (including phenoxy) is 2. The van der Waals surface area contributed by atoms with E-state index in [1.165, 1.54) is 30.9 Å². The number of rotatable bonds is 7. The van der Waals surface area contributed by atoms with Gasteiger partial charge in [-0.3, -0.25) is 14.9 Å². The summed E-state index contributed by atoms with van der Waals surface area (Å²) in [5, 5.41) is 14.3. The molecule has 0 unspecified atom stereocenters. The minimum absolute atomic E-state index is 0.0592. The van der Waals surface area contributed by atoms with Gasteiger partial charge in [-0.2, -0.15) is 0 Å². The Morgan fingerprint density at radius 2 is 1.79 bits per heavy atom. The van der Waals surface area contributed by atoms with E-state index in [1.54, 1.807) is 0 Å². The summed E-state index contributed by atoms with van der Waals surface area (Å²) in [6.45, 7) is 6.00. The first-order valence-corrected chi connectivity index (χ1v) is 14.1. The lowest BCUT2D eigenvalue weighted by Crippen LogP contribution is -2.23. The number of aromatic nitrogens is 1. The topological polar surface area (TPSA) is 121 Å². The Bertz CT molecular complexity index is 1750. The molecule has 1 aliphatic rings. The van der Waals surface area contributed by atoms with E-state index in [4.69, 9.17) is 14.5 Å². The van der Waals surface area contributed by atoms with Gasteiger partial charge >= 0.3 is 5.97 Å². The fraction of sp³-hybridized carbons (Fsp3) is 0.265. The second-order valence-electron chi connectivity index (χ2n) is 11.5. The number of esters is 1. The van der Waals surface area contributed by atoms with Crippen molar-refractivity contribution in [2.75, 3.05) is 19.0 Å². The van der Waals surface area contributed by atoms with Crippen LogP contribution in [-0.2, 0) is 21.4 Å². The molecule has 0 fully saturated rings. The predicted octanol–water partition coefficient (Wildman–Crippen LogP) is 7.12. The molecule has 1 heterocycles. The van der Waals surface area contributed by atoms with Crippen molar-refractivity contribution < 1.29 is 24.0 Å². The number of amides is 1. The molecule has 0 atom stereocenters. The van der Waals surface area contributed by atoms with Crippen molar-refractivity contribution in [1.82, 2.24) is 4.98 Å². The number of nitrogens with one attached hydrogen (secondary N) is 1. The van der Waals surface area contributed by atoms with Crippen molar-refractivity contribution in [3.63, 3.8) is 0 Å². The van der Waals surface area contributed by atoms with Gasteiger partial charge in [0.1, 0.15) is 5.75 Å². The van der Waals surface area contributed by atoms with Crippen LogP contribution < -0.4 is 10.1 Å². The van der Waals surface area contributed by atoms with Gasteiger partial charge in [-0.25, -0.2) is 9.78 Å². The van der Waals surface area contributed by atoms with Crippen LogP contribution in [0.25, 0.3) is 22.6 Å². The molecule has 1 N–H and O–H groups in total. The molecule has 0 saturated heterocycles. The van der Waals surface area contributed by atoms with Crippen LogP contribution in [0.1, 0.15) is 66.4 Å². The van der Waals surface area contributed by atoms with Gasteiger partial charge in [-0.05, 0) is 65.1 Å². The van der Waals surface area contributed by atoms with Gasteiger partial charge < -0.3 is 14.8 Å². The van der Waals surface area contributed by atoms with Crippen LogP contribution in [0.5, 0.6) is 5.75 Å². The minimum atomic E-state index is -0.614. The van der Waals surface area contributed by atoms with E-state index in [-0.39, 0.29) is 22.5 Å². The van der Waals surface area contributed by atoms with E-state index in [1.807, 2.05) is 24.3 Å². The Labute approximate surface area is 249 Å². The van der Waals surface area contributed by atoms with Crippen molar-refractivity contribution in [2.24, 2.45) is 0 Å². The largest absolute Gasteiger partial charge is 0.494 e. The van der Waals surface area contributed by atoms with Crippen LogP contribution in [0.4, 0.5) is 11.4 Å². The Hall–Kier alpha value is -5.05. The van der Waals surface area contributed by atoms with Crippen LogP contribution in [0.15, 0.2) is 66.7 Å². The van der Waals surface area contributed by atoms with E-state index in [0.29, 0.717) is 22.9 Å². The van der Waals surface area contributed by atoms with Crippen LogP contribution in [0.2, 0.25) is 0 Å². The van der Waals surface area contributed by atoms with Crippen LogP contribution in [-0.4, -0.2) is 35.5 Å². The molecular weight excluding hydrogens is 546 g/mol. The first-order chi connectivity index (χ1) is 20.5. The zero-order valence-corrected chi connectivity index (χ0v) is 24.6. The summed E-state index contributed by atoms with van der Waals surface area (Å²) in [5.41, 5.74) is 6.15. The van der Waals surface area contributed by atoms with Gasteiger partial charge in [0.2, 0.25) is 0 Å². The lowest BCUT2D eigenvalue weighted by molar-refractivity contribution is -0.384. The number of nitro benzene ring substituents is 1. The zero-order chi connectivity index (χ0) is 30.7. The number of non-ortho nitro benzene ring substituents is 1. The average molecular weight is 580 g/mol. The van der Waals surface area contributed by atoms with Crippen molar-refractivity contribution in [3.8, 4) is 5.75 Å². The summed E-state index contributed by atoms with van der Waals surface area (Å²) in [6.07, 6.45) is 4.46. The number of benzene rings is 3. The summed E-state index contributed by atoms with van der Waals surface area (Å²) >= 11 is 0. The number of hydrogen-bond donors (Lipinski definition) is 1. The highest BCUT2D eigenvalue weighted by molar-refractivity contribution is 6.07. The molecule has 0 saturated carbocycles. The molecule has 0 aliphatic heterocycles. The lowest BCUT2D eigenvalue weighted by Gasteiger charge is -2.23. The standard InChI is InChI=1S/C34H33N3O6/c1-34(2,3)23-14-12-21(13-15-23)18-22-8-7-10-26-31(25-9-5-6-11-27(25)36-32(22)26)33(39)43-20-30(38)35-28-17-16-24(37(40)41)19-29(28)42-4/h5-6,9,11-19H,7-8,10,20H2,1-4H3,(H,35,38)/b22-18+. The molecule has 0 spiro atoms. The van der Waals surface area contributed by atoms with Crippen molar-refractivity contribution >= 4 is 45.8 Å². The summed E-state index contributed by atoms with van der Waals surface area (Å²) < 4.78 is 10.7. The first-order valence-electron chi connectivity index (χ1n) is 14.1. The summed E-state index contributed by atoms with van der Waals surface area (Å²) in [6, 6.07) is 19.8. The molecule has 43 heavy (non-hydrogen) atoms. The van der Waals surface area contributed by atoms with E-state index in [9.17, 15) is 19.7 Å². The van der Waals surface area contributed by atoms with Gasteiger partial charge in [-0.1, -0.05) is 63.2 Å². The number of hydrogen-bond acceptors (Lipinski definition) is 7. The quantitative estimate of drug-likeness (QED) is 0.141. The summed E-state index contributed by atoms with van der Waals surface area (Å²) in [5.74, 6) is -1.10. The summed E-state index contributed by atoms with van der Waals surface area (Å²) in [4.78, 5) is 41.8. The number of fused-ring (bicyclic) bond motifs is 2. The molecule has 0 radical (unpaired) electrons. The van der Waals surface area contributed by atoms with Gasteiger partial charge in [-0.15, -0.1) is 0 Å². The third-order valence-corrected chi connectivity index (χ3v) is 7.50. The van der Waals surface area contributed by atoms with Crippen LogP contribution in [0.3, 0.4) is 0 Å². The minimum Gasteiger partial charge on any atom is -0.494 e. The Morgan fingerprint density at radius 1 is 1.05 bits per heavy atom. The van der Waals surface area contributed by atoms with Gasteiger partial charge in [0.25, 0.3) is 11.6 Å². The maximum absolute atomic E-state index is 13.6. The van der Waals surface area contributed by atoms with Crippen molar-refractivity contribution in [2.45, 2.75) is 45.4 Å². The highest BCUT2D eigenvalue weighted by Crippen LogP contribution is 2.37. The molecule has 0 bridgehead atoms. The van der Waals surface area contributed by atoms with Crippen LogP contribution in [0, 0.1) is 10.1 Å². The number of allylic oxidation sites excluding steroid dienone is 1. The van der Waals surface area contributed by atoms with Crippen LogP contribution >= 0.6 is 0 Å². The average Bonchev–Trinajstić information content (AvgIpc) is 2.99. The third kappa shape index (κ3) is 6.40. The monoisotopic (exact) mass is 579 g/mol. The number of anilines is 1. The molecule has 1 aliphatic carbocycles. The Kier molecular flexibility index (Phi) is 8.25. The van der Waals surface area contributed by atoms with Crippen molar-refractivity contribution in [1.29, 1.82) is 0 Å². The molecule has 220 valence electrons. The van der Waals surface area contributed by atoms with Gasteiger partial charge in [0.05, 0.1) is 40.6 Å². The normalized spacial score (nSPS) is 13.8. The molecule has 5 rings (SSSR count). The Balaban J connectivity index is 1.42. The number of carbonyl (C=O) groups is 2. The van der Waals surface area contributed by atoms with Gasteiger partial charge in [0, 0.05) is 11.5 Å². The van der Waals surface area contributed by atoms with E-state index in [0.717, 1.165) is 35.2 Å². The number of carbonyl (C=O) groups excluding carboxylic acids is 2. The second-order valence-corrected chi connectivity index (χ2v) is 11.5. The fourth-order valence-electron chi connectivity index (χ4n) is 5.27. The fourth-order valence-corrected chi connectivity index (χ4v) is 5.27. The number of nitrogens with zero attached hydrogens (tertiary/aromatic N) is 2. The maximum atomic E-state index is 13.6. The Morgan fingerprint density at radius 3 is 2.49 bits per heavy atom. The van der Waals surface area contributed by atoms with E-state index in [2.05, 4.69) is 56.4 Å². The highest BCUT2D eigenvalue weighted by atomic mass is 16.6. The van der Waals surface area contributed by atoms with Crippen molar-refractivity contribution in [3.05, 3.63) is 105 Å². The molecular formula is C34H33N3O6. The second kappa shape index (κ2) is 12.1. The van der Waals surface area contributed by atoms with E-state index < -0.39 is 23.4 Å². The SMILES string of the molecule is COc1cc([N+](=O)[O-])ccc1NC(=O)COC(=O)c1c2c(nc3ccccc13)/C(=C/c1ccc(C(C)(C)C)cc1)CCC2. The number of pyridine rings is 1. The predicted molar refractivity (Wildman–Crippen MR) is 166 cm³/mol. The zero-order valence-electron chi connectivity index (χ0n) is 24.6. The van der Waals surface area contributed by atoms with Gasteiger partial charge in [0.15, 0.2) is 6.61 Å². The molecule has 9 nitrogen and oxygen atoms in total. The lowest BCUT2D eigenvalue weighted by atomic mass is 9.85. The van der Waals surface area contributed by atoms with E-state index >= 15 is 0 Å².